The van der Waals surface area contributed by atoms with Gasteiger partial charge < -0.3 is 10.2 Å². The molecule has 40 heavy (non-hydrogen) atoms. The Hall–Kier alpha value is -3.17. The summed E-state index contributed by atoms with van der Waals surface area (Å²) in [6.45, 7) is 5.16. The molecule has 0 aliphatic heterocycles. The van der Waals surface area contributed by atoms with Crippen molar-refractivity contribution in [1.29, 1.82) is 0 Å². The summed E-state index contributed by atoms with van der Waals surface area (Å²) in [5.74, 6) is -0.700. The molecule has 1 N–H and O–H groups in total. The first-order valence-corrected chi connectivity index (χ1v) is 15.8. The van der Waals surface area contributed by atoms with E-state index < -0.39 is 28.5 Å². The average Bonchev–Trinajstić information content (AvgIpc) is 3.45. The summed E-state index contributed by atoms with van der Waals surface area (Å²) in [5, 5.41) is 3.09. The van der Waals surface area contributed by atoms with Crippen LogP contribution < -0.4 is 9.62 Å². The molecule has 0 spiro atoms. The van der Waals surface area contributed by atoms with Crippen LogP contribution in [0.5, 0.6) is 0 Å². The number of sulfonamides is 1. The van der Waals surface area contributed by atoms with Crippen molar-refractivity contribution in [2.45, 2.75) is 70.0 Å². The number of halogens is 1. The van der Waals surface area contributed by atoms with Crippen LogP contribution >= 0.6 is 15.9 Å². The van der Waals surface area contributed by atoms with Crippen molar-refractivity contribution >= 4 is 43.5 Å². The van der Waals surface area contributed by atoms with Crippen LogP contribution in [0.2, 0.25) is 0 Å². The van der Waals surface area contributed by atoms with Gasteiger partial charge >= 0.3 is 0 Å². The van der Waals surface area contributed by atoms with Crippen LogP contribution in [0.15, 0.2) is 82.2 Å². The van der Waals surface area contributed by atoms with Gasteiger partial charge in [0.05, 0.1) is 10.6 Å². The van der Waals surface area contributed by atoms with E-state index in [2.05, 4.69) is 21.2 Å². The van der Waals surface area contributed by atoms with Gasteiger partial charge in [0.1, 0.15) is 12.6 Å². The van der Waals surface area contributed by atoms with E-state index in [0.29, 0.717) is 5.69 Å². The zero-order valence-electron chi connectivity index (χ0n) is 23.1. The van der Waals surface area contributed by atoms with Crippen LogP contribution in [-0.2, 0) is 26.2 Å². The van der Waals surface area contributed by atoms with Crippen LogP contribution in [0.25, 0.3) is 0 Å². The maximum Gasteiger partial charge on any atom is 0.264 e. The Morgan fingerprint density at radius 1 is 0.975 bits per heavy atom. The highest BCUT2D eigenvalue weighted by atomic mass is 79.9. The first-order chi connectivity index (χ1) is 19.1. The molecule has 1 aliphatic rings. The van der Waals surface area contributed by atoms with Gasteiger partial charge in [-0.3, -0.25) is 13.9 Å². The topological polar surface area (TPSA) is 86.8 Å². The number of benzene rings is 3. The summed E-state index contributed by atoms with van der Waals surface area (Å²) >= 11 is 3.48. The normalized spacial score (nSPS) is 14.5. The maximum atomic E-state index is 14.1. The fraction of sp³-hybridized carbons (Fsp3) is 0.355. The Morgan fingerprint density at radius 3 is 2.33 bits per heavy atom. The summed E-state index contributed by atoms with van der Waals surface area (Å²) in [7, 11) is -4.09. The standard InChI is InChI=1S/C31H36BrN3O4S/c1-22-11-9-18-29(23(22)2)35(40(38,39)28-16-5-4-6-17-28)21-30(36)34(20-25-12-10-13-26(32)19-25)24(3)31(37)33-27-14-7-8-15-27/h4-6,9-13,16-19,24,27H,7-8,14-15,20-21H2,1-3H3,(H,33,37)/t24-/m0/s1. The van der Waals surface area contributed by atoms with Crippen molar-refractivity contribution in [2.75, 3.05) is 10.8 Å². The van der Waals surface area contributed by atoms with Crippen molar-refractivity contribution in [3.05, 3.63) is 94.0 Å². The van der Waals surface area contributed by atoms with Gasteiger partial charge in [-0.1, -0.05) is 71.2 Å². The van der Waals surface area contributed by atoms with Crippen molar-refractivity contribution in [1.82, 2.24) is 10.2 Å². The predicted molar refractivity (Wildman–Crippen MR) is 161 cm³/mol. The second-order valence-corrected chi connectivity index (χ2v) is 13.1. The number of aryl methyl sites for hydroxylation is 1. The zero-order valence-corrected chi connectivity index (χ0v) is 25.5. The molecule has 4 rings (SSSR count). The number of nitrogens with zero attached hydrogens (tertiary/aromatic N) is 2. The molecule has 3 aromatic carbocycles. The molecule has 9 heteroatoms. The van der Waals surface area contributed by atoms with E-state index in [0.717, 1.165) is 46.8 Å². The van der Waals surface area contributed by atoms with Gasteiger partial charge in [-0.2, -0.15) is 0 Å². The fourth-order valence-corrected chi connectivity index (χ4v) is 6.98. The van der Waals surface area contributed by atoms with Gasteiger partial charge in [0.25, 0.3) is 10.0 Å². The zero-order chi connectivity index (χ0) is 28.9. The number of rotatable bonds is 10. The molecule has 0 aromatic heterocycles. The number of carbonyl (C=O) groups excluding carboxylic acids is 2. The number of hydrogen-bond donors (Lipinski definition) is 1. The second-order valence-electron chi connectivity index (χ2n) is 10.4. The van der Waals surface area contributed by atoms with Crippen LogP contribution in [0.3, 0.4) is 0 Å². The van der Waals surface area contributed by atoms with E-state index in [1.807, 2.05) is 44.2 Å². The number of anilines is 1. The van der Waals surface area contributed by atoms with E-state index in [1.165, 1.54) is 21.3 Å². The van der Waals surface area contributed by atoms with Crippen LogP contribution in [0, 0.1) is 13.8 Å². The first-order valence-electron chi connectivity index (χ1n) is 13.6. The van der Waals surface area contributed by atoms with Crippen molar-refractivity contribution < 1.29 is 18.0 Å². The third-order valence-corrected chi connectivity index (χ3v) is 9.83. The monoisotopic (exact) mass is 625 g/mol. The van der Waals surface area contributed by atoms with Gasteiger partial charge in [0.15, 0.2) is 0 Å². The van der Waals surface area contributed by atoms with Gasteiger partial charge in [0, 0.05) is 17.1 Å². The highest BCUT2D eigenvalue weighted by Gasteiger charge is 2.34. The number of amides is 2. The molecule has 0 bridgehead atoms. The van der Waals surface area contributed by atoms with Crippen molar-refractivity contribution in [3.8, 4) is 0 Å². The molecule has 2 amide bonds. The smallest absolute Gasteiger partial charge is 0.264 e. The molecule has 0 saturated heterocycles. The molecule has 1 fully saturated rings. The number of carbonyl (C=O) groups is 2. The van der Waals surface area contributed by atoms with Gasteiger partial charge in [-0.25, -0.2) is 8.42 Å². The quantitative estimate of drug-likeness (QED) is 0.311. The van der Waals surface area contributed by atoms with Crippen LogP contribution in [0.4, 0.5) is 5.69 Å². The Bertz CT molecular complexity index is 1460. The van der Waals surface area contributed by atoms with Crippen molar-refractivity contribution in [3.63, 3.8) is 0 Å². The maximum absolute atomic E-state index is 14.1. The molecule has 1 saturated carbocycles. The van der Waals surface area contributed by atoms with E-state index in [-0.39, 0.29) is 23.4 Å². The largest absolute Gasteiger partial charge is 0.352 e. The molecular formula is C31H36BrN3O4S. The second kappa shape index (κ2) is 13.0. The lowest BCUT2D eigenvalue weighted by molar-refractivity contribution is -0.139. The third kappa shape index (κ3) is 6.93. The molecule has 1 aliphatic carbocycles. The molecular weight excluding hydrogens is 590 g/mol. The van der Waals surface area contributed by atoms with E-state index in [1.54, 1.807) is 37.3 Å². The lowest BCUT2D eigenvalue weighted by Gasteiger charge is -2.33. The summed E-state index contributed by atoms with van der Waals surface area (Å²) in [4.78, 5) is 29.0. The van der Waals surface area contributed by atoms with Gasteiger partial charge in [0.2, 0.25) is 11.8 Å². The summed E-state index contributed by atoms with van der Waals surface area (Å²) in [5.41, 5.74) is 2.93. The Balaban J connectivity index is 1.71. The minimum Gasteiger partial charge on any atom is -0.352 e. The summed E-state index contributed by atoms with van der Waals surface area (Å²) in [6, 6.07) is 20.3. The lowest BCUT2D eigenvalue weighted by atomic mass is 10.1. The molecule has 7 nitrogen and oxygen atoms in total. The summed E-state index contributed by atoms with van der Waals surface area (Å²) < 4.78 is 29.9. The van der Waals surface area contributed by atoms with E-state index in [4.69, 9.17) is 0 Å². The van der Waals surface area contributed by atoms with Gasteiger partial charge in [-0.15, -0.1) is 0 Å². The third-order valence-electron chi connectivity index (χ3n) is 7.57. The Kier molecular flexibility index (Phi) is 9.68. The Morgan fingerprint density at radius 2 is 1.65 bits per heavy atom. The predicted octanol–water partition coefficient (Wildman–Crippen LogP) is 5.74. The summed E-state index contributed by atoms with van der Waals surface area (Å²) in [6.07, 6.45) is 3.99. The minimum absolute atomic E-state index is 0.0919. The SMILES string of the molecule is Cc1cccc(N(CC(=O)N(Cc2cccc(Br)c2)[C@@H](C)C(=O)NC2CCCC2)S(=O)(=O)c2ccccc2)c1C. The van der Waals surface area contributed by atoms with E-state index >= 15 is 0 Å². The van der Waals surface area contributed by atoms with E-state index in [9.17, 15) is 18.0 Å². The highest BCUT2D eigenvalue weighted by molar-refractivity contribution is 9.10. The lowest BCUT2D eigenvalue weighted by Crippen LogP contribution is -2.52. The van der Waals surface area contributed by atoms with Crippen LogP contribution in [0.1, 0.15) is 49.3 Å². The molecule has 0 radical (unpaired) electrons. The highest BCUT2D eigenvalue weighted by Crippen LogP contribution is 2.29. The van der Waals surface area contributed by atoms with Crippen LogP contribution in [-0.4, -0.2) is 43.8 Å². The average molecular weight is 627 g/mol. The van der Waals surface area contributed by atoms with Crippen molar-refractivity contribution in [2.24, 2.45) is 0 Å². The number of nitrogens with one attached hydrogen (secondary N) is 1. The molecule has 3 aromatic rings. The minimum atomic E-state index is -4.09. The molecule has 212 valence electrons. The Labute approximate surface area is 245 Å². The van der Waals surface area contributed by atoms with Gasteiger partial charge in [-0.05, 0) is 80.6 Å². The molecule has 0 heterocycles. The molecule has 0 unspecified atom stereocenters. The first kappa shape index (κ1) is 29.8. The number of hydrogen-bond acceptors (Lipinski definition) is 4. The fourth-order valence-electron chi connectivity index (χ4n) is 5.05. The molecule has 1 atom stereocenters.